The molecule has 0 atom stereocenters. The second kappa shape index (κ2) is 8.50. The second-order valence-electron chi connectivity index (χ2n) is 7.47. The molecule has 6 heteroatoms. The lowest BCUT2D eigenvalue weighted by atomic mass is 9.94. The van der Waals surface area contributed by atoms with Crippen LogP contribution in [0.3, 0.4) is 0 Å². The zero-order valence-corrected chi connectivity index (χ0v) is 16.8. The van der Waals surface area contributed by atoms with Crippen LogP contribution >= 0.6 is 0 Å². The van der Waals surface area contributed by atoms with E-state index in [2.05, 4.69) is 4.90 Å². The van der Waals surface area contributed by atoms with E-state index in [0.717, 1.165) is 53.9 Å². The van der Waals surface area contributed by atoms with Gasteiger partial charge in [0.05, 0.1) is 0 Å². The molecular formula is C22H28N2O4. The van der Waals surface area contributed by atoms with E-state index in [0.29, 0.717) is 18.0 Å². The van der Waals surface area contributed by atoms with Gasteiger partial charge < -0.3 is 19.8 Å². The van der Waals surface area contributed by atoms with Gasteiger partial charge in [0, 0.05) is 25.2 Å². The molecule has 2 aromatic rings. The van der Waals surface area contributed by atoms with Crippen LogP contribution in [0.4, 0.5) is 5.82 Å². The van der Waals surface area contributed by atoms with Crippen LogP contribution in [0.1, 0.15) is 47.2 Å². The minimum atomic E-state index is -0.989. The van der Waals surface area contributed by atoms with Gasteiger partial charge in [0.25, 0.3) is 0 Å². The molecule has 0 amide bonds. The first kappa shape index (κ1) is 20.0. The first-order chi connectivity index (χ1) is 13.4. The number of ether oxygens (including phenoxy) is 1. The summed E-state index contributed by atoms with van der Waals surface area (Å²) in [6, 6.07) is 5.49. The number of piperidine rings is 1. The monoisotopic (exact) mass is 384 g/mol. The Kier molecular flexibility index (Phi) is 6.07. The number of pyridine rings is 1. The number of aryl methyl sites for hydroxylation is 1. The maximum atomic E-state index is 10.8. The van der Waals surface area contributed by atoms with Crippen LogP contribution in [-0.2, 0) is 11.2 Å². The number of hydrogen-bond donors (Lipinski definition) is 2. The van der Waals surface area contributed by atoms with Crippen molar-refractivity contribution >= 4 is 11.8 Å². The Bertz CT molecular complexity index is 873. The standard InChI is InChI=1S/C22H28N2O4/c1-14-11-20(28-13-21(26)27)16(3)15(2)18(14)12-17-7-8-19(25)22(23-17)24-9-5-4-6-10-24/h7-8,11,25H,4-6,9-10,12-13H2,1-3H3,(H,26,27). The van der Waals surface area contributed by atoms with Crippen LogP contribution in [0.5, 0.6) is 11.5 Å². The molecule has 0 bridgehead atoms. The number of carbonyl (C=O) groups is 1. The molecule has 0 unspecified atom stereocenters. The topological polar surface area (TPSA) is 82.9 Å². The van der Waals surface area contributed by atoms with E-state index < -0.39 is 5.97 Å². The van der Waals surface area contributed by atoms with Gasteiger partial charge in [0.2, 0.25) is 0 Å². The SMILES string of the molecule is Cc1cc(OCC(=O)O)c(C)c(C)c1Cc1ccc(O)c(N2CCCCC2)n1. The van der Waals surface area contributed by atoms with Crippen LogP contribution in [-0.4, -0.2) is 40.9 Å². The molecule has 1 aliphatic heterocycles. The van der Waals surface area contributed by atoms with Crippen molar-refractivity contribution in [1.29, 1.82) is 0 Å². The average molecular weight is 384 g/mol. The number of aliphatic carboxylic acids is 1. The summed E-state index contributed by atoms with van der Waals surface area (Å²) < 4.78 is 5.42. The summed E-state index contributed by atoms with van der Waals surface area (Å²) in [4.78, 5) is 17.7. The highest BCUT2D eigenvalue weighted by atomic mass is 16.5. The first-order valence-electron chi connectivity index (χ1n) is 9.75. The molecule has 150 valence electrons. The molecule has 2 N–H and O–H groups in total. The Labute approximate surface area is 165 Å². The summed E-state index contributed by atoms with van der Waals surface area (Å²) in [5.74, 6) is 0.518. The number of anilines is 1. The molecule has 2 heterocycles. The summed E-state index contributed by atoms with van der Waals surface area (Å²) in [5.41, 5.74) is 5.12. The number of hydrogen-bond acceptors (Lipinski definition) is 5. The van der Waals surface area contributed by atoms with E-state index in [1.54, 1.807) is 6.07 Å². The smallest absolute Gasteiger partial charge is 0.341 e. The lowest BCUT2D eigenvalue weighted by Crippen LogP contribution is -2.30. The Morgan fingerprint density at radius 1 is 1.14 bits per heavy atom. The summed E-state index contributed by atoms with van der Waals surface area (Å²) in [6.45, 7) is 7.48. The molecule has 1 aliphatic rings. The zero-order valence-electron chi connectivity index (χ0n) is 16.8. The van der Waals surface area contributed by atoms with Gasteiger partial charge in [-0.15, -0.1) is 0 Å². The van der Waals surface area contributed by atoms with Crippen molar-refractivity contribution in [2.45, 2.75) is 46.5 Å². The van der Waals surface area contributed by atoms with Crippen molar-refractivity contribution in [2.75, 3.05) is 24.6 Å². The minimum Gasteiger partial charge on any atom is -0.504 e. The van der Waals surface area contributed by atoms with E-state index in [4.69, 9.17) is 14.8 Å². The van der Waals surface area contributed by atoms with Crippen molar-refractivity contribution in [1.82, 2.24) is 4.98 Å². The zero-order chi connectivity index (χ0) is 20.3. The third kappa shape index (κ3) is 4.38. The fourth-order valence-electron chi connectivity index (χ4n) is 3.76. The number of carboxylic acid groups (broad SMARTS) is 1. The maximum Gasteiger partial charge on any atom is 0.341 e. The number of benzene rings is 1. The van der Waals surface area contributed by atoms with E-state index in [1.807, 2.05) is 32.9 Å². The average Bonchev–Trinajstić information content (AvgIpc) is 2.68. The van der Waals surface area contributed by atoms with Gasteiger partial charge in [-0.05, 0) is 80.5 Å². The van der Waals surface area contributed by atoms with Gasteiger partial charge in [0.15, 0.2) is 18.2 Å². The van der Waals surface area contributed by atoms with Gasteiger partial charge in [-0.25, -0.2) is 9.78 Å². The fraction of sp³-hybridized carbons (Fsp3) is 0.455. The van der Waals surface area contributed by atoms with Crippen LogP contribution < -0.4 is 9.64 Å². The molecule has 6 nitrogen and oxygen atoms in total. The Balaban J connectivity index is 1.87. The van der Waals surface area contributed by atoms with Crippen LogP contribution in [0.15, 0.2) is 18.2 Å². The van der Waals surface area contributed by atoms with Crippen LogP contribution in [0, 0.1) is 20.8 Å². The lowest BCUT2D eigenvalue weighted by Gasteiger charge is -2.28. The van der Waals surface area contributed by atoms with E-state index in [1.165, 1.54) is 6.42 Å². The molecule has 0 spiro atoms. The predicted molar refractivity (Wildman–Crippen MR) is 109 cm³/mol. The van der Waals surface area contributed by atoms with Crippen molar-refractivity contribution in [2.24, 2.45) is 0 Å². The number of carboxylic acids is 1. The Hall–Kier alpha value is -2.76. The number of aromatic nitrogens is 1. The molecule has 1 saturated heterocycles. The molecule has 3 rings (SSSR count). The van der Waals surface area contributed by atoms with Crippen molar-refractivity contribution in [3.05, 3.63) is 46.1 Å². The third-order valence-electron chi connectivity index (χ3n) is 5.49. The molecule has 1 fully saturated rings. The lowest BCUT2D eigenvalue weighted by molar-refractivity contribution is -0.139. The highest BCUT2D eigenvalue weighted by Crippen LogP contribution is 2.31. The van der Waals surface area contributed by atoms with Crippen molar-refractivity contribution in [3.8, 4) is 11.5 Å². The first-order valence-corrected chi connectivity index (χ1v) is 9.75. The van der Waals surface area contributed by atoms with Gasteiger partial charge in [-0.1, -0.05) is 0 Å². The largest absolute Gasteiger partial charge is 0.504 e. The van der Waals surface area contributed by atoms with Gasteiger partial charge in [-0.3, -0.25) is 0 Å². The highest BCUT2D eigenvalue weighted by molar-refractivity contribution is 5.68. The maximum absolute atomic E-state index is 10.8. The summed E-state index contributed by atoms with van der Waals surface area (Å²) in [5, 5.41) is 19.1. The van der Waals surface area contributed by atoms with Crippen LogP contribution in [0.25, 0.3) is 0 Å². The van der Waals surface area contributed by atoms with E-state index in [9.17, 15) is 9.90 Å². The Morgan fingerprint density at radius 3 is 2.54 bits per heavy atom. The quantitative estimate of drug-likeness (QED) is 0.789. The molecule has 28 heavy (non-hydrogen) atoms. The van der Waals surface area contributed by atoms with Crippen LogP contribution in [0.2, 0.25) is 0 Å². The highest BCUT2D eigenvalue weighted by Gasteiger charge is 2.18. The van der Waals surface area contributed by atoms with Crippen molar-refractivity contribution < 1.29 is 19.7 Å². The van der Waals surface area contributed by atoms with Crippen molar-refractivity contribution in [3.63, 3.8) is 0 Å². The third-order valence-corrected chi connectivity index (χ3v) is 5.49. The molecular weight excluding hydrogens is 356 g/mol. The number of rotatable bonds is 6. The summed E-state index contributed by atoms with van der Waals surface area (Å²) in [7, 11) is 0. The fourth-order valence-corrected chi connectivity index (χ4v) is 3.76. The number of aromatic hydroxyl groups is 1. The Morgan fingerprint density at radius 2 is 1.86 bits per heavy atom. The van der Waals surface area contributed by atoms with E-state index in [-0.39, 0.29) is 12.4 Å². The minimum absolute atomic E-state index is 0.229. The predicted octanol–water partition coefficient (Wildman–Crippen LogP) is 3.76. The molecule has 1 aromatic carbocycles. The second-order valence-corrected chi connectivity index (χ2v) is 7.47. The summed E-state index contributed by atoms with van der Waals surface area (Å²) in [6.07, 6.45) is 4.13. The van der Waals surface area contributed by atoms with Gasteiger partial charge >= 0.3 is 5.97 Å². The number of nitrogens with zero attached hydrogens (tertiary/aromatic N) is 2. The molecule has 0 saturated carbocycles. The van der Waals surface area contributed by atoms with Gasteiger partial charge in [0.1, 0.15) is 5.75 Å². The molecule has 0 aliphatic carbocycles. The molecule has 0 radical (unpaired) electrons. The van der Waals surface area contributed by atoms with E-state index >= 15 is 0 Å². The van der Waals surface area contributed by atoms with Gasteiger partial charge in [-0.2, -0.15) is 0 Å². The normalized spacial score (nSPS) is 14.2. The summed E-state index contributed by atoms with van der Waals surface area (Å²) >= 11 is 0. The molecule has 1 aromatic heterocycles.